The highest BCUT2D eigenvalue weighted by molar-refractivity contribution is 5.94. The topological polar surface area (TPSA) is 40.5 Å². The minimum Gasteiger partial charge on any atom is -0.391 e. The van der Waals surface area contributed by atoms with Crippen molar-refractivity contribution in [3.63, 3.8) is 0 Å². The first-order valence-electron chi connectivity index (χ1n) is 5.63. The zero-order chi connectivity index (χ0) is 11.7. The zero-order valence-electron chi connectivity index (χ0n) is 9.73. The normalized spacial score (nSPS) is 21.3. The third kappa shape index (κ3) is 2.09. The standard InChI is InChI=1S/C13H17NO2/c1-9-3-4-11(7-10(9)2)14-8-12(15)5-6-13(14)16/h3-4,7,12,15H,5-6,8H2,1-2H3. The van der Waals surface area contributed by atoms with Gasteiger partial charge in [-0.25, -0.2) is 0 Å². The molecule has 0 saturated carbocycles. The van der Waals surface area contributed by atoms with Gasteiger partial charge in [0.1, 0.15) is 0 Å². The number of piperidine rings is 1. The molecular weight excluding hydrogens is 202 g/mol. The lowest BCUT2D eigenvalue weighted by atomic mass is 10.0. The molecule has 1 atom stereocenters. The van der Waals surface area contributed by atoms with E-state index in [-0.39, 0.29) is 12.0 Å². The third-order valence-corrected chi connectivity index (χ3v) is 3.19. The first-order chi connectivity index (χ1) is 7.58. The monoisotopic (exact) mass is 219 g/mol. The molecule has 1 N–H and O–H groups in total. The van der Waals surface area contributed by atoms with Crippen molar-refractivity contribution in [3.8, 4) is 0 Å². The number of rotatable bonds is 1. The Labute approximate surface area is 95.7 Å². The summed E-state index contributed by atoms with van der Waals surface area (Å²) in [6.45, 7) is 4.50. The SMILES string of the molecule is Cc1ccc(N2CC(O)CCC2=O)cc1C. The second kappa shape index (κ2) is 4.26. The summed E-state index contributed by atoms with van der Waals surface area (Å²) in [4.78, 5) is 13.4. The van der Waals surface area contributed by atoms with E-state index in [4.69, 9.17) is 0 Å². The van der Waals surface area contributed by atoms with E-state index in [1.807, 2.05) is 32.0 Å². The summed E-state index contributed by atoms with van der Waals surface area (Å²) in [6, 6.07) is 5.96. The van der Waals surface area contributed by atoms with Crippen LogP contribution in [0.2, 0.25) is 0 Å². The average molecular weight is 219 g/mol. The molecule has 86 valence electrons. The van der Waals surface area contributed by atoms with Gasteiger partial charge in [-0.1, -0.05) is 6.07 Å². The van der Waals surface area contributed by atoms with Gasteiger partial charge in [0.05, 0.1) is 12.6 Å². The lowest BCUT2D eigenvalue weighted by molar-refractivity contribution is -0.121. The summed E-state index contributed by atoms with van der Waals surface area (Å²) in [5.41, 5.74) is 3.28. The number of carbonyl (C=O) groups is 1. The number of aliphatic hydroxyl groups excluding tert-OH is 1. The van der Waals surface area contributed by atoms with E-state index in [0.29, 0.717) is 19.4 Å². The van der Waals surface area contributed by atoms with Crippen LogP contribution in [0.1, 0.15) is 24.0 Å². The van der Waals surface area contributed by atoms with Gasteiger partial charge in [-0.15, -0.1) is 0 Å². The maximum atomic E-state index is 11.8. The number of aryl methyl sites for hydroxylation is 2. The van der Waals surface area contributed by atoms with E-state index in [1.165, 1.54) is 11.1 Å². The molecule has 1 aromatic rings. The maximum absolute atomic E-state index is 11.8. The second-order valence-corrected chi connectivity index (χ2v) is 4.47. The van der Waals surface area contributed by atoms with Gasteiger partial charge in [-0.3, -0.25) is 4.79 Å². The molecule has 0 bridgehead atoms. The fraction of sp³-hybridized carbons (Fsp3) is 0.462. The summed E-state index contributed by atoms with van der Waals surface area (Å²) in [6.07, 6.45) is 0.633. The van der Waals surface area contributed by atoms with E-state index in [2.05, 4.69) is 0 Å². The summed E-state index contributed by atoms with van der Waals surface area (Å²) in [5.74, 6) is 0.105. The summed E-state index contributed by atoms with van der Waals surface area (Å²) in [7, 11) is 0. The lowest BCUT2D eigenvalue weighted by Gasteiger charge is -2.30. The molecule has 1 aromatic carbocycles. The number of aliphatic hydroxyl groups is 1. The third-order valence-electron chi connectivity index (χ3n) is 3.19. The molecule has 3 nitrogen and oxygen atoms in total. The zero-order valence-corrected chi connectivity index (χ0v) is 9.73. The van der Waals surface area contributed by atoms with Crippen molar-refractivity contribution in [1.29, 1.82) is 0 Å². The van der Waals surface area contributed by atoms with E-state index < -0.39 is 0 Å². The molecule has 1 aliphatic heterocycles. The second-order valence-electron chi connectivity index (χ2n) is 4.47. The Morgan fingerprint density at radius 1 is 1.31 bits per heavy atom. The molecule has 1 saturated heterocycles. The van der Waals surface area contributed by atoms with Crippen molar-refractivity contribution in [3.05, 3.63) is 29.3 Å². The molecule has 0 aliphatic carbocycles. The number of β-amino-alcohol motifs (C(OH)–C–C–N with tert-alkyl or cyclic N) is 1. The van der Waals surface area contributed by atoms with Gasteiger partial charge in [0.25, 0.3) is 0 Å². The van der Waals surface area contributed by atoms with Gasteiger partial charge in [-0.2, -0.15) is 0 Å². The molecular formula is C13H17NO2. The number of hydrogen-bond acceptors (Lipinski definition) is 2. The van der Waals surface area contributed by atoms with Crippen LogP contribution in [0.4, 0.5) is 5.69 Å². The molecule has 1 aliphatic rings. The largest absolute Gasteiger partial charge is 0.391 e. The molecule has 0 spiro atoms. The van der Waals surface area contributed by atoms with Crippen LogP contribution >= 0.6 is 0 Å². The first-order valence-corrected chi connectivity index (χ1v) is 5.63. The Hall–Kier alpha value is -1.35. The Bertz CT molecular complexity index is 414. The molecule has 3 heteroatoms. The van der Waals surface area contributed by atoms with Gasteiger partial charge in [0, 0.05) is 12.1 Å². The van der Waals surface area contributed by atoms with Crippen LogP contribution in [0, 0.1) is 13.8 Å². The fourth-order valence-corrected chi connectivity index (χ4v) is 1.97. The number of carbonyl (C=O) groups excluding carboxylic acids is 1. The molecule has 0 radical (unpaired) electrons. The van der Waals surface area contributed by atoms with E-state index >= 15 is 0 Å². The Morgan fingerprint density at radius 2 is 2.06 bits per heavy atom. The minimum atomic E-state index is -0.390. The van der Waals surface area contributed by atoms with Crippen LogP contribution in [0.25, 0.3) is 0 Å². The summed E-state index contributed by atoms with van der Waals surface area (Å²) < 4.78 is 0. The van der Waals surface area contributed by atoms with Crippen molar-refractivity contribution in [2.24, 2.45) is 0 Å². The number of anilines is 1. The smallest absolute Gasteiger partial charge is 0.227 e. The van der Waals surface area contributed by atoms with E-state index in [9.17, 15) is 9.90 Å². The van der Waals surface area contributed by atoms with Crippen LogP contribution in [0.15, 0.2) is 18.2 Å². The Morgan fingerprint density at radius 3 is 2.75 bits per heavy atom. The van der Waals surface area contributed by atoms with Crippen molar-refractivity contribution >= 4 is 11.6 Å². The first kappa shape index (κ1) is 11.1. The maximum Gasteiger partial charge on any atom is 0.227 e. The number of hydrogen-bond donors (Lipinski definition) is 1. The van der Waals surface area contributed by atoms with Gasteiger partial charge in [0.2, 0.25) is 5.91 Å². The van der Waals surface area contributed by atoms with Gasteiger partial charge >= 0.3 is 0 Å². The predicted molar refractivity (Wildman–Crippen MR) is 63.5 cm³/mol. The molecule has 1 heterocycles. The summed E-state index contributed by atoms with van der Waals surface area (Å²) >= 11 is 0. The van der Waals surface area contributed by atoms with Crippen molar-refractivity contribution < 1.29 is 9.90 Å². The van der Waals surface area contributed by atoms with E-state index in [1.54, 1.807) is 4.90 Å². The lowest BCUT2D eigenvalue weighted by Crippen LogP contribution is -2.42. The van der Waals surface area contributed by atoms with Gasteiger partial charge < -0.3 is 10.0 Å². The van der Waals surface area contributed by atoms with Crippen LogP contribution in [0.5, 0.6) is 0 Å². The number of amides is 1. The molecule has 0 aromatic heterocycles. The number of benzene rings is 1. The van der Waals surface area contributed by atoms with Crippen molar-refractivity contribution in [1.82, 2.24) is 0 Å². The van der Waals surface area contributed by atoms with Crippen molar-refractivity contribution in [2.75, 3.05) is 11.4 Å². The van der Waals surface area contributed by atoms with Gasteiger partial charge in [0.15, 0.2) is 0 Å². The highest BCUT2D eigenvalue weighted by Crippen LogP contribution is 2.23. The molecule has 1 fully saturated rings. The van der Waals surface area contributed by atoms with Crippen LogP contribution < -0.4 is 4.90 Å². The summed E-state index contributed by atoms with van der Waals surface area (Å²) in [5, 5.41) is 9.59. The van der Waals surface area contributed by atoms with Crippen LogP contribution in [-0.4, -0.2) is 23.7 Å². The van der Waals surface area contributed by atoms with Crippen LogP contribution in [-0.2, 0) is 4.79 Å². The van der Waals surface area contributed by atoms with E-state index in [0.717, 1.165) is 5.69 Å². The van der Waals surface area contributed by atoms with Crippen LogP contribution in [0.3, 0.4) is 0 Å². The molecule has 2 rings (SSSR count). The quantitative estimate of drug-likeness (QED) is 0.782. The highest BCUT2D eigenvalue weighted by Gasteiger charge is 2.25. The molecule has 1 amide bonds. The molecule has 1 unspecified atom stereocenters. The highest BCUT2D eigenvalue weighted by atomic mass is 16.3. The Balaban J connectivity index is 2.28. The Kier molecular flexibility index (Phi) is 2.97. The fourth-order valence-electron chi connectivity index (χ4n) is 1.97. The van der Waals surface area contributed by atoms with Crippen molar-refractivity contribution in [2.45, 2.75) is 32.8 Å². The number of nitrogens with zero attached hydrogens (tertiary/aromatic N) is 1. The predicted octanol–water partition coefficient (Wildman–Crippen LogP) is 1.79. The van der Waals surface area contributed by atoms with Gasteiger partial charge in [-0.05, 0) is 43.5 Å². The minimum absolute atomic E-state index is 0.105. The average Bonchev–Trinajstić information content (AvgIpc) is 2.26. The molecule has 16 heavy (non-hydrogen) atoms.